The Kier molecular flexibility index (Phi) is 9.35. The minimum Gasteiger partial charge on any atom is -0.308 e. The lowest BCUT2D eigenvalue weighted by atomic mass is 9.83. The number of anilines is 6. The molecule has 0 spiro atoms. The molecule has 10 aromatic carbocycles. The highest BCUT2D eigenvalue weighted by molar-refractivity contribution is 6.40. The van der Waals surface area contributed by atoms with E-state index in [0.717, 1.165) is 22.7 Å². The Hall–Kier alpha value is -8.34. The first kappa shape index (κ1) is 44.4. The lowest BCUT2D eigenvalue weighted by Gasteiger charge is -2.29. The van der Waals surface area contributed by atoms with E-state index in [1.165, 1.54) is 115 Å². The summed E-state index contributed by atoms with van der Waals surface area (Å²) in [6, 6.07) is 75.2. The molecule has 0 aliphatic carbocycles. The summed E-state index contributed by atoms with van der Waals surface area (Å²) >= 11 is 0. The van der Waals surface area contributed by atoms with Crippen molar-refractivity contribution in [2.24, 2.45) is 0 Å². The minimum absolute atomic E-state index is 0.108. The third-order valence-electron chi connectivity index (χ3n) is 16.1. The van der Waals surface area contributed by atoms with Crippen molar-refractivity contribution in [1.29, 1.82) is 0 Å². The summed E-state index contributed by atoms with van der Waals surface area (Å²) in [7, 11) is 0. The third kappa shape index (κ3) is 6.40. The number of para-hydroxylation sites is 4. The van der Waals surface area contributed by atoms with E-state index < -0.39 is 0 Å². The largest absolute Gasteiger partial charge is 0.308 e. The van der Waals surface area contributed by atoms with Crippen LogP contribution in [0.25, 0.3) is 87.0 Å². The highest BCUT2D eigenvalue weighted by atomic mass is 15.2. The first-order chi connectivity index (χ1) is 35.6. The maximum absolute atomic E-state index is 2.65. The van der Waals surface area contributed by atoms with Gasteiger partial charge in [0.05, 0.1) is 44.5 Å². The van der Waals surface area contributed by atoms with Crippen molar-refractivity contribution in [3.8, 4) is 0 Å². The monoisotopic (exact) mass is 956 g/mol. The van der Waals surface area contributed by atoms with Gasteiger partial charge in [0, 0.05) is 65.8 Å². The first-order valence-electron chi connectivity index (χ1n) is 26.4. The van der Waals surface area contributed by atoms with Crippen LogP contribution >= 0.6 is 0 Å². The molecular weight excluding hydrogens is 897 g/mol. The Morgan fingerprint density at radius 1 is 0.284 bits per heavy atom. The molecule has 4 nitrogen and oxygen atoms in total. The molecule has 74 heavy (non-hydrogen) atoms. The molecule has 0 radical (unpaired) electrons. The lowest BCUT2D eigenvalue weighted by molar-refractivity contribution is 0.591. The van der Waals surface area contributed by atoms with Crippen molar-refractivity contribution < 1.29 is 0 Å². The van der Waals surface area contributed by atoms with Crippen molar-refractivity contribution in [3.05, 3.63) is 217 Å². The molecule has 360 valence electrons. The number of aromatic nitrogens is 2. The Labute approximate surface area is 433 Å². The maximum atomic E-state index is 2.65. The maximum Gasteiger partial charge on any atom is 0.0783 e. The standard InChI is InChI=1S/C70H60N4/c1-68(2,3)44-37-53-55-39-46(70(7,8)9)41-59(71(47-25-14-10-15-26-47)48-27-16-11-17-28-48)65(55)73-57-34-35-58-63(61(57)56(40-44)64(53)73)62-51-33-23-22-24-43(51)36-52-54-38-45(69(4,5)6)42-60(66(54)74(58)67(52)62)72(49-29-18-12-19-30-49)50-31-20-13-21-32-50/h10-42H,1-9H3. The smallest absolute Gasteiger partial charge is 0.0783 e. The number of hydrogen-bond donors (Lipinski definition) is 0. The van der Waals surface area contributed by atoms with Gasteiger partial charge in [0.1, 0.15) is 0 Å². The van der Waals surface area contributed by atoms with Crippen LogP contribution in [0.15, 0.2) is 200 Å². The van der Waals surface area contributed by atoms with Crippen LogP contribution in [0.4, 0.5) is 34.1 Å². The Morgan fingerprint density at radius 3 is 1.08 bits per heavy atom. The van der Waals surface area contributed by atoms with Crippen LogP contribution in [0.5, 0.6) is 0 Å². The van der Waals surface area contributed by atoms with Gasteiger partial charge in [-0.05, 0) is 147 Å². The summed E-state index contributed by atoms with van der Waals surface area (Å²) in [6.45, 7) is 21.2. The van der Waals surface area contributed by atoms with E-state index in [9.17, 15) is 0 Å². The predicted octanol–water partition coefficient (Wildman–Crippen LogP) is 20.0. The molecule has 0 unspecified atom stereocenters. The van der Waals surface area contributed by atoms with Crippen LogP contribution in [0, 0.1) is 0 Å². The van der Waals surface area contributed by atoms with Gasteiger partial charge in [0.2, 0.25) is 0 Å². The summed E-state index contributed by atoms with van der Waals surface area (Å²) in [6.07, 6.45) is 0. The molecule has 0 N–H and O–H groups in total. The van der Waals surface area contributed by atoms with Gasteiger partial charge in [0.25, 0.3) is 0 Å². The normalized spacial score (nSPS) is 12.9. The van der Waals surface area contributed by atoms with Crippen LogP contribution in [-0.2, 0) is 16.2 Å². The molecule has 0 saturated carbocycles. The molecule has 14 rings (SSSR count). The van der Waals surface area contributed by atoms with Crippen LogP contribution < -0.4 is 9.80 Å². The molecule has 0 aliphatic heterocycles. The van der Waals surface area contributed by atoms with Crippen LogP contribution in [0.1, 0.15) is 79.0 Å². The van der Waals surface area contributed by atoms with Crippen molar-refractivity contribution in [2.75, 3.05) is 9.80 Å². The highest BCUT2D eigenvalue weighted by Gasteiger charge is 2.32. The van der Waals surface area contributed by atoms with E-state index in [2.05, 4.69) is 281 Å². The van der Waals surface area contributed by atoms with Crippen molar-refractivity contribution in [3.63, 3.8) is 0 Å². The second kappa shape index (κ2) is 15.6. The van der Waals surface area contributed by atoms with Crippen LogP contribution in [0.3, 0.4) is 0 Å². The van der Waals surface area contributed by atoms with Gasteiger partial charge < -0.3 is 18.6 Å². The van der Waals surface area contributed by atoms with Crippen molar-refractivity contribution in [2.45, 2.75) is 78.6 Å². The lowest BCUT2D eigenvalue weighted by Crippen LogP contribution is -2.15. The van der Waals surface area contributed by atoms with Gasteiger partial charge in [-0.15, -0.1) is 0 Å². The number of nitrogens with zero attached hydrogens (tertiary/aromatic N) is 4. The molecule has 14 aromatic rings. The van der Waals surface area contributed by atoms with E-state index in [1.807, 2.05) is 0 Å². The molecular formula is C70H60N4. The van der Waals surface area contributed by atoms with Gasteiger partial charge in [-0.3, -0.25) is 0 Å². The first-order valence-corrected chi connectivity index (χ1v) is 26.4. The van der Waals surface area contributed by atoms with Gasteiger partial charge >= 0.3 is 0 Å². The van der Waals surface area contributed by atoms with E-state index in [0.29, 0.717) is 0 Å². The summed E-state index contributed by atoms with van der Waals surface area (Å²) in [5.74, 6) is 0. The molecule has 4 aromatic heterocycles. The Balaban J connectivity index is 1.22. The predicted molar refractivity (Wildman–Crippen MR) is 319 cm³/mol. The average Bonchev–Trinajstić information content (AvgIpc) is 4.13. The second-order valence-corrected chi connectivity index (χ2v) is 23.9. The Bertz CT molecular complexity index is 4430. The fourth-order valence-corrected chi connectivity index (χ4v) is 12.4. The van der Waals surface area contributed by atoms with Crippen LogP contribution in [-0.4, -0.2) is 8.80 Å². The van der Waals surface area contributed by atoms with Gasteiger partial charge in [-0.1, -0.05) is 159 Å². The van der Waals surface area contributed by atoms with Crippen molar-refractivity contribution >= 4 is 121 Å². The number of fused-ring (bicyclic) bond motifs is 15. The van der Waals surface area contributed by atoms with E-state index in [-0.39, 0.29) is 16.2 Å². The molecule has 4 heterocycles. The summed E-state index contributed by atoms with van der Waals surface area (Å²) < 4.78 is 5.29. The SMILES string of the molecule is CC(C)(C)c1cc(N(c2ccccc2)c2ccccc2)c2c(c1)c1cc(C(C)(C)C)cc3c4c5c6c7ccccc7cc7c8cc(C(C)(C)C)cc(N(c9ccccc9)c9ccccc9)c8n(c5ccc4n2c13)c76. The molecule has 4 heteroatoms. The second-order valence-electron chi connectivity index (χ2n) is 23.9. The molecule has 0 fully saturated rings. The van der Waals surface area contributed by atoms with E-state index in [1.54, 1.807) is 0 Å². The van der Waals surface area contributed by atoms with Gasteiger partial charge in [-0.2, -0.15) is 0 Å². The molecule has 0 aliphatic rings. The zero-order chi connectivity index (χ0) is 50.6. The van der Waals surface area contributed by atoms with E-state index >= 15 is 0 Å². The Morgan fingerprint density at radius 2 is 0.635 bits per heavy atom. The summed E-state index contributed by atoms with van der Waals surface area (Å²) in [5, 5.41) is 12.9. The number of hydrogen-bond acceptors (Lipinski definition) is 2. The number of benzene rings is 10. The number of rotatable bonds is 6. The highest BCUT2D eigenvalue weighted by Crippen LogP contribution is 2.54. The van der Waals surface area contributed by atoms with Gasteiger partial charge in [0.15, 0.2) is 0 Å². The van der Waals surface area contributed by atoms with Crippen molar-refractivity contribution in [1.82, 2.24) is 8.80 Å². The van der Waals surface area contributed by atoms with Crippen LogP contribution in [0.2, 0.25) is 0 Å². The van der Waals surface area contributed by atoms with Gasteiger partial charge in [-0.25, -0.2) is 0 Å². The van der Waals surface area contributed by atoms with E-state index in [4.69, 9.17) is 0 Å². The minimum atomic E-state index is -0.114. The topological polar surface area (TPSA) is 15.3 Å². The fraction of sp³-hybridized carbons (Fsp3) is 0.171. The molecule has 0 bridgehead atoms. The zero-order valence-electron chi connectivity index (χ0n) is 43.8. The average molecular weight is 957 g/mol. The molecule has 0 saturated heterocycles. The summed E-state index contributed by atoms with van der Waals surface area (Å²) in [4.78, 5) is 4.97. The fourth-order valence-electron chi connectivity index (χ4n) is 12.4. The molecule has 0 amide bonds. The zero-order valence-corrected chi connectivity index (χ0v) is 43.8. The third-order valence-corrected chi connectivity index (χ3v) is 16.1. The summed E-state index contributed by atoms with van der Waals surface area (Å²) in [5.41, 5.74) is 17.9. The quantitative estimate of drug-likeness (QED) is 0.165. The molecule has 0 atom stereocenters.